The van der Waals surface area contributed by atoms with Gasteiger partial charge in [-0.15, -0.1) is 11.8 Å². The van der Waals surface area contributed by atoms with Gasteiger partial charge in [-0.3, -0.25) is 5.41 Å². The fourth-order valence-corrected chi connectivity index (χ4v) is 1.39. The van der Waals surface area contributed by atoms with E-state index in [1.165, 1.54) is 18.9 Å². The third-order valence-corrected chi connectivity index (χ3v) is 2.39. The summed E-state index contributed by atoms with van der Waals surface area (Å²) in [5, 5.41) is 8.02. The predicted molar refractivity (Wildman–Crippen MR) is 58.1 cm³/mol. The lowest BCUT2D eigenvalue weighted by Crippen LogP contribution is -2.03. The molecule has 0 unspecified atom stereocenters. The maximum atomic E-state index is 11.2. The topological polar surface area (TPSA) is 50.2 Å². The van der Waals surface area contributed by atoms with Crippen molar-refractivity contribution in [2.45, 2.75) is 0 Å². The van der Waals surface area contributed by atoms with E-state index < -0.39 is 0 Å². The van der Waals surface area contributed by atoms with Gasteiger partial charge in [0.1, 0.15) is 0 Å². The Morgan fingerprint density at radius 1 is 1.43 bits per heavy atom. The highest BCUT2D eigenvalue weighted by Gasteiger charge is 2.07. The fraction of sp³-hybridized carbons (Fsp3) is 0.200. The molecule has 0 atom stereocenters. The Bertz CT molecular complexity index is 332. The summed E-state index contributed by atoms with van der Waals surface area (Å²) in [6.07, 6.45) is 1.83. The molecule has 0 aromatic heterocycles. The molecule has 74 valence electrons. The number of nitrogens with one attached hydrogen (secondary N) is 1. The van der Waals surface area contributed by atoms with Crippen LogP contribution in [-0.2, 0) is 4.74 Å². The molecule has 1 aromatic rings. The maximum Gasteiger partial charge on any atom is 0.337 e. The predicted octanol–water partition coefficient (Wildman–Crippen LogP) is 2.16. The van der Waals surface area contributed by atoms with Crippen LogP contribution in [0.15, 0.2) is 24.3 Å². The first-order valence-corrected chi connectivity index (χ1v) is 5.22. The van der Waals surface area contributed by atoms with Gasteiger partial charge in [0, 0.05) is 5.56 Å². The van der Waals surface area contributed by atoms with Gasteiger partial charge < -0.3 is 4.74 Å². The molecule has 3 nitrogen and oxygen atoms in total. The minimum atomic E-state index is -0.374. The van der Waals surface area contributed by atoms with Gasteiger partial charge >= 0.3 is 5.97 Å². The average molecular weight is 209 g/mol. The van der Waals surface area contributed by atoms with Crippen molar-refractivity contribution in [2.75, 3.05) is 13.4 Å². The van der Waals surface area contributed by atoms with Gasteiger partial charge in [-0.2, -0.15) is 0 Å². The Morgan fingerprint density at radius 2 is 2.07 bits per heavy atom. The molecular formula is C10H11NO2S. The van der Waals surface area contributed by atoms with Crippen LogP contribution < -0.4 is 0 Å². The summed E-state index contributed by atoms with van der Waals surface area (Å²) in [4.78, 5) is 11.2. The lowest BCUT2D eigenvalue weighted by atomic mass is 10.1. The van der Waals surface area contributed by atoms with E-state index in [-0.39, 0.29) is 5.97 Å². The Kier molecular flexibility index (Phi) is 3.71. The van der Waals surface area contributed by atoms with Gasteiger partial charge in [-0.05, 0) is 18.4 Å². The highest BCUT2D eigenvalue weighted by atomic mass is 32.2. The molecule has 0 saturated heterocycles. The molecule has 0 aliphatic heterocycles. The fourth-order valence-electron chi connectivity index (χ4n) is 1.02. The summed E-state index contributed by atoms with van der Waals surface area (Å²) >= 11 is 1.34. The first kappa shape index (κ1) is 10.8. The molecule has 0 aliphatic carbocycles. The Labute approximate surface area is 87.0 Å². The molecule has 1 rings (SSSR count). The van der Waals surface area contributed by atoms with Crippen molar-refractivity contribution in [1.82, 2.24) is 0 Å². The number of esters is 1. The molecule has 1 aromatic carbocycles. The number of hydrogen-bond donors (Lipinski definition) is 1. The van der Waals surface area contributed by atoms with Crippen LogP contribution in [0.1, 0.15) is 15.9 Å². The van der Waals surface area contributed by atoms with Crippen molar-refractivity contribution in [2.24, 2.45) is 0 Å². The van der Waals surface area contributed by atoms with E-state index >= 15 is 0 Å². The van der Waals surface area contributed by atoms with Crippen LogP contribution in [0.5, 0.6) is 0 Å². The highest BCUT2D eigenvalue weighted by Crippen LogP contribution is 2.12. The van der Waals surface area contributed by atoms with E-state index in [0.29, 0.717) is 10.6 Å². The lowest BCUT2D eigenvalue weighted by Gasteiger charge is -2.03. The van der Waals surface area contributed by atoms with E-state index in [4.69, 9.17) is 5.41 Å². The van der Waals surface area contributed by atoms with Crippen molar-refractivity contribution >= 4 is 22.8 Å². The Morgan fingerprint density at radius 3 is 2.64 bits per heavy atom. The molecule has 0 heterocycles. The molecular weight excluding hydrogens is 198 g/mol. The summed E-state index contributed by atoms with van der Waals surface area (Å²) in [6, 6.07) is 6.87. The van der Waals surface area contributed by atoms with Crippen LogP contribution in [-0.4, -0.2) is 24.4 Å². The summed E-state index contributed by atoms with van der Waals surface area (Å²) in [6.45, 7) is 0. The van der Waals surface area contributed by atoms with Crippen molar-refractivity contribution in [3.8, 4) is 0 Å². The SMILES string of the molecule is COC(=O)c1cccc(C(=N)SC)c1. The zero-order valence-electron chi connectivity index (χ0n) is 8.03. The molecule has 0 radical (unpaired) electrons. The number of rotatable bonds is 2. The third-order valence-electron chi connectivity index (χ3n) is 1.75. The van der Waals surface area contributed by atoms with Crippen LogP contribution in [0.3, 0.4) is 0 Å². The second-order valence-electron chi connectivity index (χ2n) is 2.61. The zero-order chi connectivity index (χ0) is 10.6. The summed E-state index contributed by atoms with van der Waals surface area (Å²) in [7, 11) is 1.34. The zero-order valence-corrected chi connectivity index (χ0v) is 8.85. The Hall–Kier alpha value is -1.29. The lowest BCUT2D eigenvalue weighted by molar-refractivity contribution is 0.0600. The van der Waals surface area contributed by atoms with Gasteiger partial charge in [0.2, 0.25) is 0 Å². The van der Waals surface area contributed by atoms with Crippen LogP contribution in [0.25, 0.3) is 0 Å². The summed E-state index contributed by atoms with van der Waals surface area (Å²) < 4.78 is 4.59. The van der Waals surface area contributed by atoms with Crippen LogP contribution in [0.4, 0.5) is 0 Å². The third kappa shape index (κ3) is 2.35. The molecule has 0 bridgehead atoms. The first-order valence-electron chi connectivity index (χ1n) is 4.00. The van der Waals surface area contributed by atoms with E-state index in [1.54, 1.807) is 24.3 Å². The number of hydrogen-bond acceptors (Lipinski definition) is 4. The van der Waals surface area contributed by atoms with Gasteiger partial charge in [-0.25, -0.2) is 4.79 Å². The molecule has 0 fully saturated rings. The van der Waals surface area contributed by atoms with Crippen LogP contribution in [0, 0.1) is 5.41 Å². The number of benzene rings is 1. The minimum Gasteiger partial charge on any atom is -0.465 e. The quantitative estimate of drug-likeness (QED) is 0.461. The second kappa shape index (κ2) is 4.81. The molecule has 0 spiro atoms. The highest BCUT2D eigenvalue weighted by molar-refractivity contribution is 8.13. The van der Waals surface area contributed by atoms with Crippen molar-refractivity contribution in [3.05, 3.63) is 35.4 Å². The minimum absolute atomic E-state index is 0.374. The average Bonchev–Trinajstić information content (AvgIpc) is 2.27. The van der Waals surface area contributed by atoms with Gasteiger partial charge in [-0.1, -0.05) is 12.1 Å². The summed E-state index contributed by atoms with van der Waals surface area (Å²) in [5.41, 5.74) is 1.21. The van der Waals surface area contributed by atoms with Gasteiger partial charge in [0.15, 0.2) is 0 Å². The van der Waals surface area contributed by atoms with E-state index in [2.05, 4.69) is 4.74 Å². The normalized spacial score (nSPS) is 9.57. The smallest absolute Gasteiger partial charge is 0.337 e. The first-order chi connectivity index (χ1) is 6.69. The largest absolute Gasteiger partial charge is 0.465 e. The van der Waals surface area contributed by atoms with Crippen molar-refractivity contribution in [3.63, 3.8) is 0 Å². The van der Waals surface area contributed by atoms with E-state index in [9.17, 15) is 4.79 Å². The second-order valence-corrected chi connectivity index (χ2v) is 3.42. The number of carbonyl (C=O) groups is 1. The Balaban J connectivity index is 3.01. The molecule has 1 N–H and O–H groups in total. The molecule has 0 saturated carbocycles. The number of carbonyl (C=O) groups excluding carboxylic acids is 1. The van der Waals surface area contributed by atoms with Crippen LogP contribution >= 0.6 is 11.8 Å². The maximum absolute atomic E-state index is 11.2. The van der Waals surface area contributed by atoms with E-state index in [0.717, 1.165) is 5.56 Å². The van der Waals surface area contributed by atoms with Gasteiger partial charge in [0.25, 0.3) is 0 Å². The van der Waals surface area contributed by atoms with Crippen molar-refractivity contribution < 1.29 is 9.53 Å². The van der Waals surface area contributed by atoms with Gasteiger partial charge in [0.05, 0.1) is 17.7 Å². The number of thioether (sulfide) groups is 1. The monoisotopic (exact) mass is 209 g/mol. The molecule has 14 heavy (non-hydrogen) atoms. The summed E-state index contributed by atoms with van der Waals surface area (Å²) in [5.74, 6) is -0.374. The number of methoxy groups -OCH3 is 1. The number of ether oxygens (including phenoxy) is 1. The molecule has 4 heteroatoms. The van der Waals surface area contributed by atoms with Crippen molar-refractivity contribution in [1.29, 1.82) is 5.41 Å². The van der Waals surface area contributed by atoms with Crippen LogP contribution in [0.2, 0.25) is 0 Å². The molecule has 0 amide bonds. The standard InChI is InChI=1S/C10H11NO2S/c1-13-10(12)8-5-3-4-7(6-8)9(11)14-2/h3-6,11H,1-2H3. The molecule has 0 aliphatic rings. The van der Waals surface area contributed by atoms with E-state index in [1.807, 2.05) is 6.26 Å².